The Morgan fingerprint density at radius 3 is 2.56 bits per heavy atom. The van der Waals surface area contributed by atoms with Crippen molar-refractivity contribution in [2.24, 2.45) is 10.7 Å². The lowest BCUT2D eigenvalue weighted by molar-refractivity contribution is 0.222. The Kier molecular flexibility index (Phi) is 6.33. The van der Waals surface area contributed by atoms with Crippen LogP contribution in [0.3, 0.4) is 0 Å². The highest BCUT2D eigenvalue weighted by Gasteiger charge is 2.15. The van der Waals surface area contributed by atoms with Gasteiger partial charge >= 0.3 is 0 Å². The molecular weight excluding hydrogens is 226 g/mol. The fraction of sp³-hybridized carbons (Fsp3) is 0.545. The summed E-state index contributed by atoms with van der Waals surface area (Å²) in [6.45, 7) is 9.98. The first kappa shape index (κ1) is 15.2. The van der Waals surface area contributed by atoms with E-state index in [4.69, 9.17) is 17.3 Å². The highest BCUT2D eigenvalue weighted by molar-refractivity contribution is 6.30. The lowest BCUT2D eigenvalue weighted by atomic mass is 10.1. The van der Waals surface area contributed by atoms with E-state index in [1.165, 1.54) is 6.08 Å². The van der Waals surface area contributed by atoms with Gasteiger partial charge in [-0.1, -0.05) is 18.2 Å². The SMILES string of the molecule is C=C/C(=N\C(Cl)=C/N)C(O)CNC(C)(C)C. The highest BCUT2D eigenvalue weighted by Crippen LogP contribution is 2.05. The van der Waals surface area contributed by atoms with Crippen molar-refractivity contribution >= 4 is 17.3 Å². The summed E-state index contributed by atoms with van der Waals surface area (Å²) in [6.07, 6.45) is 1.86. The Labute approximate surface area is 102 Å². The Hall–Kier alpha value is -0.840. The molecule has 92 valence electrons. The van der Waals surface area contributed by atoms with Gasteiger partial charge in [-0.15, -0.1) is 0 Å². The third-order valence-corrected chi connectivity index (χ3v) is 1.96. The summed E-state index contributed by atoms with van der Waals surface area (Å²) in [5.74, 6) is 0. The molecule has 0 amide bonds. The maximum absolute atomic E-state index is 9.83. The van der Waals surface area contributed by atoms with Crippen LogP contribution in [0, 0.1) is 0 Å². The molecule has 0 heterocycles. The van der Waals surface area contributed by atoms with Crippen molar-refractivity contribution in [1.82, 2.24) is 5.32 Å². The average molecular weight is 246 g/mol. The van der Waals surface area contributed by atoms with Gasteiger partial charge in [-0.25, -0.2) is 4.99 Å². The van der Waals surface area contributed by atoms with Gasteiger partial charge in [0.15, 0.2) is 0 Å². The average Bonchev–Trinajstić information content (AvgIpc) is 2.21. The smallest absolute Gasteiger partial charge is 0.144 e. The van der Waals surface area contributed by atoms with Crippen molar-refractivity contribution in [2.45, 2.75) is 32.4 Å². The summed E-state index contributed by atoms with van der Waals surface area (Å²) in [5, 5.41) is 13.1. The van der Waals surface area contributed by atoms with E-state index in [1.54, 1.807) is 0 Å². The molecule has 0 rings (SSSR count). The number of β-amino-alcohol motifs (C(OH)–C–C–N with tert-alkyl or cyclic N) is 1. The van der Waals surface area contributed by atoms with Crippen LogP contribution in [0.4, 0.5) is 0 Å². The van der Waals surface area contributed by atoms with Crippen molar-refractivity contribution in [2.75, 3.05) is 6.54 Å². The van der Waals surface area contributed by atoms with E-state index in [2.05, 4.69) is 16.9 Å². The minimum absolute atomic E-state index is 0.0687. The predicted octanol–water partition coefficient (Wildman–Crippen LogP) is 1.36. The van der Waals surface area contributed by atoms with Crippen LogP contribution in [-0.4, -0.2) is 29.0 Å². The second-order valence-corrected chi connectivity index (χ2v) is 4.76. The van der Waals surface area contributed by atoms with E-state index in [-0.39, 0.29) is 10.7 Å². The van der Waals surface area contributed by atoms with E-state index in [0.29, 0.717) is 12.3 Å². The van der Waals surface area contributed by atoms with Crippen LogP contribution in [0.2, 0.25) is 0 Å². The molecule has 5 heteroatoms. The molecule has 0 radical (unpaired) electrons. The lowest BCUT2D eigenvalue weighted by Gasteiger charge is -2.22. The maximum Gasteiger partial charge on any atom is 0.144 e. The van der Waals surface area contributed by atoms with E-state index < -0.39 is 6.10 Å². The topological polar surface area (TPSA) is 70.6 Å². The molecule has 0 aliphatic carbocycles. The molecular formula is C11H20ClN3O. The van der Waals surface area contributed by atoms with Gasteiger partial charge in [-0.2, -0.15) is 0 Å². The van der Waals surface area contributed by atoms with Crippen LogP contribution in [0.25, 0.3) is 0 Å². The van der Waals surface area contributed by atoms with Gasteiger partial charge < -0.3 is 16.2 Å². The summed E-state index contributed by atoms with van der Waals surface area (Å²) in [4.78, 5) is 3.92. The van der Waals surface area contributed by atoms with Crippen molar-refractivity contribution < 1.29 is 5.11 Å². The van der Waals surface area contributed by atoms with E-state index in [0.717, 1.165) is 6.20 Å². The number of hydrogen-bond donors (Lipinski definition) is 3. The van der Waals surface area contributed by atoms with Crippen LogP contribution >= 0.6 is 11.6 Å². The molecule has 0 spiro atoms. The molecule has 0 saturated carbocycles. The van der Waals surface area contributed by atoms with Crippen LogP contribution in [0.5, 0.6) is 0 Å². The Morgan fingerprint density at radius 2 is 2.19 bits per heavy atom. The molecule has 16 heavy (non-hydrogen) atoms. The molecule has 1 unspecified atom stereocenters. The fourth-order valence-corrected chi connectivity index (χ4v) is 1.02. The lowest BCUT2D eigenvalue weighted by Crippen LogP contribution is -2.43. The standard InChI is InChI=1S/C11H20ClN3O/c1-5-8(15-10(12)6-13)9(16)7-14-11(2,3)4/h5-6,9,14,16H,1,7,13H2,2-4H3/b10-6-,15-8+. The number of halogens is 1. The summed E-state index contributed by atoms with van der Waals surface area (Å²) in [6, 6.07) is 0. The summed E-state index contributed by atoms with van der Waals surface area (Å²) >= 11 is 5.64. The molecule has 4 nitrogen and oxygen atoms in total. The van der Waals surface area contributed by atoms with Crippen molar-refractivity contribution in [3.63, 3.8) is 0 Å². The van der Waals surface area contributed by atoms with Crippen LogP contribution in [0.1, 0.15) is 20.8 Å². The maximum atomic E-state index is 9.83. The first-order chi connectivity index (χ1) is 7.30. The summed E-state index contributed by atoms with van der Waals surface area (Å²) < 4.78 is 0. The van der Waals surface area contributed by atoms with Crippen molar-refractivity contribution in [1.29, 1.82) is 0 Å². The van der Waals surface area contributed by atoms with Gasteiger partial charge in [0.2, 0.25) is 0 Å². The van der Waals surface area contributed by atoms with Gasteiger partial charge in [-0.3, -0.25) is 0 Å². The van der Waals surface area contributed by atoms with Crippen molar-refractivity contribution in [3.05, 3.63) is 24.0 Å². The third kappa shape index (κ3) is 6.61. The van der Waals surface area contributed by atoms with E-state index in [9.17, 15) is 5.11 Å². The fourth-order valence-electron chi connectivity index (χ4n) is 0.924. The summed E-state index contributed by atoms with van der Waals surface area (Å²) in [7, 11) is 0. The molecule has 0 aromatic rings. The van der Waals surface area contributed by atoms with Gasteiger partial charge in [0.1, 0.15) is 11.3 Å². The predicted molar refractivity (Wildman–Crippen MR) is 69.5 cm³/mol. The molecule has 0 fully saturated rings. The molecule has 0 aromatic carbocycles. The Bertz CT molecular complexity index is 292. The molecule has 0 bridgehead atoms. The number of aliphatic imine (C=N–C) groups is 1. The van der Waals surface area contributed by atoms with Crippen LogP contribution < -0.4 is 11.1 Å². The van der Waals surface area contributed by atoms with Gasteiger partial charge in [0.25, 0.3) is 0 Å². The Morgan fingerprint density at radius 1 is 1.62 bits per heavy atom. The molecule has 0 saturated heterocycles. The van der Waals surface area contributed by atoms with Crippen LogP contribution in [-0.2, 0) is 0 Å². The number of nitrogens with zero attached hydrogens (tertiary/aromatic N) is 1. The zero-order valence-corrected chi connectivity index (χ0v) is 10.8. The van der Waals surface area contributed by atoms with Gasteiger partial charge in [0, 0.05) is 18.3 Å². The molecule has 1 atom stereocenters. The summed E-state index contributed by atoms with van der Waals surface area (Å²) in [5.41, 5.74) is 5.51. The zero-order valence-electron chi connectivity index (χ0n) is 10.00. The van der Waals surface area contributed by atoms with E-state index in [1.807, 2.05) is 20.8 Å². The number of hydrogen-bond acceptors (Lipinski definition) is 4. The number of nitrogens with one attached hydrogen (secondary N) is 1. The zero-order chi connectivity index (χ0) is 12.8. The Balaban J connectivity index is 4.50. The highest BCUT2D eigenvalue weighted by atomic mass is 35.5. The minimum atomic E-state index is -0.759. The first-order valence-corrected chi connectivity index (χ1v) is 5.39. The molecule has 0 aromatic heterocycles. The van der Waals surface area contributed by atoms with Crippen molar-refractivity contribution in [3.8, 4) is 0 Å². The first-order valence-electron chi connectivity index (χ1n) is 5.01. The molecule has 4 N–H and O–H groups in total. The number of aliphatic hydroxyl groups is 1. The number of nitrogens with two attached hydrogens (primary N) is 1. The minimum Gasteiger partial charge on any atom is -0.402 e. The number of rotatable bonds is 5. The van der Waals surface area contributed by atoms with E-state index >= 15 is 0 Å². The second-order valence-electron chi connectivity index (χ2n) is 4.38. The third-order valence-electron chi connectivity index (χ3n) is 1.75. The largest absolute Gasteiger partial charge is 0.402 e. The van der Waals surface area contributed by atoms with Gasteiger partial charge in [0.05, 0.1) is 5.71 Å². The molecule has 0 aliphatic heterocycles. The molecule has 0 aliphatic rings. The van der Waals surface area contributed by atoms with Crippen LogP contribution in [0.15, 0.2) is 29.0 Å². The normalized spacial score (nSPS) is 16.1. The monoisotopic (exact) mass is 245 g/mol. The second kappa shape index (κ2) is 6.68. The quantitative estimate of drug-likeness (QED) is 0.506. The number of aliphatic hydroxyl groups excluding tert-OH is 1. The van der Waals surface area contributed by atoms with Gasteiger partial charge in [-0.05, 0) is 26.8 Å².